The molecular weight excluding hydrogens is 525 g/mol. The van der Waals surface area contributed by atoms with E-state index in [0.29, 0.717) is 0 Å². The SMILES string of the molecule is CC(C)(C)c1cc2c3c(c1)Oc1c(ccc4c5c6c(ccc5n(C(C)(C)C)c14)CCC6)B3c1ccc3ccccc3c1O2. The highest BCUT2D eigenvalue weighted by molar-refractivity contribution is 6.98. The van der Waals surface area contributed by atoms with Crippen LogP contribution in [-0.2, 0) is 23.8 Å². The second-order valence-corrected chi connectivity index (χ2v) is 14.8. The molecule has 5 aromatic carbocycles. The van der Waals surface area contributed by atoms with Crippen LogP contribution in [0.25, 0.3) is 32.6 Å². The number of hydrogen-bond acceptors (Lipinski definition) is 2. The van der Waals surface area contributed by atoms with Gasteiger partial charge in [-0.1, -0.05) is 75.4 Å². The summed E-state index contributed by atoms with van der Waals surface area (Å²) in [4.78, 5) is 0. The van der Waals surface area contributed by atoms with E-state index < -0.39 is 0 Å². The third-order valence-corrected chi connectivity index (χ3v) is 10.0. The smallest absolute Gasteiger partial charge is 0.260 e. The lowest BCUT2D eigenvalue weighted by molar-refractivity contribution is 0.415. The number of rotatable bonds is 0. The molecule has 0 saturated heterocycles. The molecule has 0 radical (unpaired) electrons. The molecule has 1 aromatic heterocycles. The molecule has 0 bridgehead atoms. The first-order valence-corrected chi connectivity index (χ1v) is 15.8. The van der Waals surface area contributed by atoms with E-state index >= 15 is 0 Å². The molecule has 0 fully saturated rings. The Hall–Kier alpha value is -4.18. The second kappa shape index (κ2) is 8.26. The van der Waals surface area contributed by atoms with Gasteiger partial charge in [0.1, 0.15) is 23.0 Å². The fourth-order valence-electron chi connectivity index (χ4n) is 8.09. The third kappa shape index (κ3) is 3.38. The highest BCUT2D eigenvalue weighted by Gasteiger charge is 2.43. The molecule has 212 valence electrons. The summed E-state index contributed by atoms with van der Waals surface area (Å²) >= 11 is 0. The van der Waals surface area contributed by atoms with Crippen molar-refractivity contribution >= 4 is 55.7 Å². The number of fused-ring (bicyclic) bond motifs is 12. The zero-order valence-electron chi connectivity index (χ0n) is 25.9. The summed E-state index contributed by atoms with van der Waals surface area (Å²) in [5, 5.41) is 5.08. The molecule has 0 saturated carbocycles. The Morgan fingerprint density at radius 2 is 1.44 bits per heavy atom. The highest BCUT2D eigenvalue weighted by atomic mass is 16.5. The first kappa shape index (κ1) is 25.3. The molecule has 2 aliphatic heterocycles. The van der Waals surface area contributed by atoms with Crippen molar-refractivity contribution in [2.75, 3.05) is 0 Å². The van der Waals surface area contributed by atoms with Gasteiger partial charge in [-0.2, -0.15) is 0 Å². The summed E-state index contributed by atoms with van der Waals surface area (Å²) < 4.78 is 16.6. The average molecular weight is 562 g/mol. The lowest BCUT2D eigenvalue weighted by Gasteiger charge is -2.36. The fourth-order valence-corrected chi connectivity index (χ4v) is 8.09. The number of ether oxygens (including phenoxy) is 2. The van der Waals surface area contributed by atoms with E-state index in [0.717, 1.165) is 40.3 Å². The van der Waals surface area contributed by atoms with Gasteiger partial charge in [-0.05, 0) is 96.6 Å². The van der Waals surface area contributed by atoms with Crippen LogP contribution in [0.2, 0.25) is 0 Å². The third-order valence-electron chi connectivity index (χ3n) is 10.0. The maximum atomic E-state index is 7.16. The summed E-state index contributed by atoms with van der Waals surface area (Å²) in [6.45, 7) is 13.8. The zero-order chi connectivity index (χ0) is 29.4. The van der Waals surface area contributed by atoms with Crippen LogP contribution < -0.4 is 25.9 Å². The van der Waals surface area contributed by atoms with Crippen LogP contribution in [0.1, 0.15) is 64.7 Å². The van der Waals surface area contributed by atoms with E-state index in [2.05, 4.69) is 119 Å². The number of hydrogen-bond donors (Lipinski definition) is 0. The van der Waals surface area contributed by atoms with Crippen molar-refractivity contribution in [3.05, 3.63) is 89.5 Å². The van der Waals surface area contributed by atoms with Gasteiger partial charge in [0.2, 0.25) is 0 Å². The van der Waals surface area contributed by atoms with Crippen molar-refractivity contribution in [3.8, 4) is 23.0 Å². The molecule has 0 spiro atoms. The molecule has 0 amide bonds. The predicted molar refractivity (Wildman–Crippen MR) is 180 cm³/mol. The van der Waals surface area contributed by atoms with E-state index in [1.165, 1.54) is 67.6 Å². The zero-order valence-corrected chi connectivity index (χ0v) is 25.9. The molecule has 3 aliphatic rings. The molecule has 4 heteroatoms. The monoisotopic (exact) mass is 561 g/mol. The minimum atomic E-state index is -0.131. The second-order valence-electron chi connectivity index (χ2n) is 14.8. The number of aryl methyl sites for hydroxylation is 2. The first-order valence-electron chi connectivity index (χ1n) is 15.8. The van der Waals surface area contributed by atoms with Crippen LogP contribution in [-0.4, -0.2) is 11.3 Å². The number of benzene rings is 5. The van der Waals surface area contributed by atoms with E-state index in [1.54, 1.807) is 0 Å². The lowest BCUT2D eigenvalue weighted by Crippen LogP contribution is -2.57. The molecule has 0 atom stereocenters. The standard InChI is InChI=1S/C39H36BNO2/c1-38(2,3)24-20-31-34-32(21-24)43-37-29(40(34)28-17-14-23-10-7-8-12-26(23)36(28)42-31)18-16-27-33-25-13-9-11-22(25)15-19-30(33)41(35(27)37)39(4,5)6/h7-8,10,12,14-21H,9,11,13H2,1-6H3. The summed E-state index contributed by atoms with van der Waals surface area (Å²) in [5.41, 5.74) is 10.2. The molecule has 0 N–H and O–H groups in total. The molecular formula is C39H36BNO2. The summed E-state index contributed by atoms with van der Waals surface area (Å²) in [7, 11) is 0. The quantitative estimate of drug-likeness (QED) is 0.174. The van der Waals surface area contributed by atoms with Gasteiger partial charge < -0.3 is 14.0 Å². The van der Waals surface area contributed by atoms with Crippen LogP contribution in [0.5, 0.6) is 23.0 Å². The molecule has 3 nitrogen and oxygen atoms in total. The largest absolute Gasteiger partial charge is 0.458 e. The fraction of sp³-hybridized carbons (Fsp3) is 0.282. The first-order chi connectivity index (χ1) is 20.6. The van der Waals surface area contributed by atoms with E-state index in [1.807, 2.05) is 0 Å². The maximum Gasteiger partial charge on any atom is 0.260 e. The van der Waals surface area contributed by atoms with Crippen LogP contribution in [0.3, 0.4) is 0 Å². The van der Waals surface area contributed by atoms with Gasteiger partial charge in [0.05, 0.1) is 5.52 Å². The predicted octanol–water partition coefficient (Wildman–Crippen LogP) is 8.22. The normalized spacial score (nSPS) is 15.3. The van der Waals surface area contributed by atoms with Crippen molar-refractivity contribution in [1.29, 1.82) is 0 Å². The van der Waals surface area contributed by atoms with Crippen molar-refractivity contribution in [2.45, 2.75) is 71.8 Å². The minimum Gasteiger partial charge on any atom is -0.458 e. The molecule has 3 heterocycles. The average Bonchev–Trinajstić information content (AvgIpc) is 3.58. The van der Waals surface area contributed by atoms with Gasteiger partial charge in [-0.25, -0.2) is 0 Å². The molecule has 43 heavy (non-hydrogen) atoms. The van der Waals surface area contributed by atoms with Crippen molar-refractivity contribution in [1.82, 2.24) is 4.57 Å². The Morgan fingerprint density at radius 1 is 0.721 bits per heavy atom. The van der Waals surface area contributed by atoms with E-state index in [9.17, 15) is 0 Å². The Morgan fingerprint density at radius 3 is 2.21 bits per heavy atom. The topological polar surface area (TPSA) is 23.4 Å². The maximum absolute atomic E-state index is 7.16. The van der Waals surface area contributed by atoms with Crippen LogP contribution in [0.4, 0.5) is 0 Å². The molecule has 6 aromatic rings. The van der Waals surface area contributed by atoms with Crippen molar-refractivity contribution in [3.63, 3.8) is 0 Å². The van der Waals surface area contributed by atoms with E-state index in [4.69, 9.17) is 9.47 Å². The van der Waals surface area contributed by atoms with E-state index in [-0.39, 0.29) is 17.7 Å². The molecule has 0 unspecified atom stereocenters. The van der Waals surface area contributed by atoms with Gasteiger partial charge in [0, 0.05) is 32.7 Å². The Bertz CT molecular complexity index is 2190. The number of aromatic nitrogens is 1. The minimum absolute atomic E-state index is 0.0256. The summed E-state index contributed by atoms with van der Waals surface area (Å²) in [6.07, 6.45) is 3.56. The van der Waals surface area contributed by atoms with Crippen LogP contribution >= 0.6 is 0 Å². The van der Waals surface area contributed by atoms with Crippen molar-refractivity contribution in [2.24, 2.45) is 0 Å². The van der Waals surface area contributed by atoms with Gasteiger partial charge >= 0.3 is 0 Å². The molecule has 9 rings (SSSR count). The van der Waals surface area contributed by atoms with Crippen LogP contribution in [0, 0.1) is 0 Å². The Balaban J connectivity index is 1.42. The lowest BCUT2D eigenvalue weighted by atomic mass is 9.34. The van der Waals surface area contributed by atoms with Crippen molar-refractivity contribution < 1.29 is 9.47 Å². The highest BCUT2D eigenvalue weighted by Crippen LogP contribution is 2.46. The van der Waals surface area contributed by atoms with Gasteiger partial charge in [-0.3, -0.25) is 0 Å². The summed E-state index contributed by atoms with van der Waals surface area (Å²) in [6, 6.07) is 27.1. The summed E-state index contributed by atoms with van der Waals surface area (Å²) in [5.74, 6) is 3.79. The number of nitrogens with zero attached hydrogens (tertiary/aromatic N) is 1. The molecule has 1 aliphatic carbocycles. The van der Waals surface area contributed by atoms with Gasteiger partial charge in [0.25, 0.3) is 6.71 Å². The Labute approximate surface area is 253 Å². The van der Waals surface area contributed by atoms with Gasteiger partial charge in [-0.15, -0.1) is 0 Å². The Kier molecular flexibility index (Phi) is 4.86. The van der Waals surface area contributed by atoms with Gasteiger partial charge in [0.15, 0.2) is 0 Å². The van der Waals surface area contributed by atoms with Crippen LogP contribution in [0.15, 0.2) is 72.8 Å².